The first-order valence-corrected chi connectivity index (χ1v) is 15.3. The van der Waals surface area contributed by atoms with Crippen molar-refractivity contribution in [1.82, 2.24) is 0 Å². The molecular formula is C21H14Cl2Zr. The van der Waals surface area contributed by atoms with Crippen LogP contribution < -0.4 is 0 Å². The summed E-state index contributed by atoms with van der Waals surface area (Å²) in [7, 11) is 13.3. The van der Waals surface area contributed by atoms with Gasteiger partial charge in [-0.1, -0.05) is 0 Å². The predicted molar refractivity (Wildman–Crippen MR) is 103 cm³/mol. The van der Waals surface area contributed by atoms with E-state index in [2.05, 4.69) is 84.9 Å². The second kappa shape index (κ2) is 6.92. The summed E-state index contributed by atoms with van der Waals surface area (Å²) in [6, 6.07) is 29.5. The molecule has 0 atom stereocenters. The van der Waals surface area contributed by atoms with Crippen molar-refractivity contribution in [3.8, 4) is 0 Å². The number of rotatable bonds is 2. The van der Waals surface area contributed by atoms with Crippen LogP contribution in [0.15, 0.2) is 84.9 Å². The molecule has 0 unspecified atom stereocenters. The molecule has 0 N–H and O–H groups in total. The zero-order valence-electron chi connectivity index (χ0n) is 12.8. The minimum atomic E-state index is -2.71. The Bertz CT molecular complexity index is 987. The number of hydrogen-bond acceptors (Lipinski definition) is 0. The van der Waals surface area contributed by atoms with Crippen LogP contribution in [0, 0.1) is 0 Å². The molecule has 0 bridgehead atoms. The first-order chi connectivity index (χ1) is 11.8. The zero-order chi connectivity index (χ0) is 16.5. The molecule has 0 radical (unpaired) electrons. The Labute approximate surface area is 155 Å². The summed E-state index contributed by atoms with van der Waals surface area (Å²) in [5.41, 5.74) is 2.34. The van der Waals surface area contributed by atoms with Crippen molar-refractivity contribution in [3.63, 3.8) is 0 Å². The predicted octanol–water partition coefficient (Wildman–Crippen LogP) is 6.49. The molecule has 0 fully saturated rings. The number of halogens is 2. The van der Waals surface area contributed by atoms with Gasteiger partial charge in [0.05, 0.1) is 0 Å². The van der Waals surface area contributed by atoms with Gasteiger partial charge in [-0.05, 0) is 0 Å². The van der Waals surface area contributed by atoms with E-state index in [1.807, 2.05) is 0 Å². The summed E-state index contributed by atoms with van der Waals surface area (Å²) in [5, 5.41) is 4.85. The zero-order valence-corrected chi connectivity index (χ0v) is 16.8. The maximum atomic E-state index is 6.64. The normalized spacial score (nSPS) is 10.9. The average molecular weight is 428 g/mol. The van der Waals surface area contributed by atoms with Gasteiger partial charge in [-0.25, -0.2) is 0 Å². The molecular weight excluding hydrogens is 414 g/mol. The summed E-state index contributed by atoms with van der Waals surface area (Å²) in [6.45, 7) is 0. The Morgan fingerprint density at radius 2 is 0.958 bits per heavy atom. The van der Waals surface area contributed by atoms with Crippen LogP contribution in [0.4, 0.5) is 0 Å². The number of benzene rings is 4. The Hall–Kier alpha value is -1.27. The molecule has 0 aliphatic heterocycles. The van der Waals surface area contributed by atoms with E-state index in [1.165, 1.54) is 32.7 Å². The van der Waals surface area contributed by atoms with Crippen molar-refractivity contribution >= 4 is 41.8 Å². The Morgan fingerprint density at radius 1 is 0.542 bits per heavy atom. The van der Waals surface area contributed by atoms with Gasteiger partial charge >= 0.3 is 157 Å². The van der Waals surface area contributed by atoms with Gasteiger partial charge in [0.2, 0.25) is 0 Å². The molecule has 0 saturated heterocycles. The van der Waals surface area contributed by atoms with Crippen molar-refractivity contribution < 1.29 is 18.9 Å². The molecule has 4 aromatic rings. The first-order valence-electron chi connectivity index (χ1n) is 7.77. The summed E-state index contributed by atoms with van der Waals surface area (Å²) in [6.07, 6.45) is 0. The van der Waals surface area contributed by atoms with E-state index >= 15 is 0 Å². The van der Waals surface area contributed by atoms with E-state index in [1.54, 1.807) is 0 Å². The average Bonchev–Trinajstić information content (AvgIpc) is 2.62. The second-order valence-electron chi connectivity index (χ2n) is 5.69. The molecule has 0 nitrogen and oxygen atoms in total. The molecule has 3 heteroatoms. The van der Waals surface area contributed by atoms with Crippen molar-refractivity contribution in [2.45, 2.75) is 0 Å². The van der Waals surface area contributed by atoms with Gasteiger partial charge in [0.1, 0.15) is 0 Å². The fourth-order valence-corrected chi connectivity index (χ4v) is 7.72. The molecule has 0 heterocycles. The van der Waals surface area contributed by atoms with E-state index in [0.717, 1.165) is 3.21 Å². The van der Waals surface area contributed by atoms with Gasteiger partial charge in [0, 0.05) is 0 Å². The fraction of sp³-hybridized carbons (Fsp3) is 0. The summed E-state index contributed by atoms with van der Waals surface area (Å²) in [4.78, 5) is 0. The van der Waals surface area contributed by atoms with E-state index in [-0.39, 0.29) is 0 Å². The Kier molecular flexibility index (Phi) is 4.68. The van der Waals surface area contributed by atoms with Crippen LogP contribution in [0.3, 0.4) is 0 Å². The van der Waals surface area contributed by atoms with Gasteiger partial charge in [-0.3, -0.25) is 0 Å². The quantitative estimate of drug-likeness (QED) is 0.342. The second-order valence-corrected chi connectivity index (χ2v) is 13.8. The molecule has 116 valence electrons. The van der Waals surface area contributed by atoms with Gasteiger partial charge in [0.25, 0.3) is 0 Å². The van der Waals surface area contributed by atoms with Crippen molar-refractivity contribution in [2.24, 2.45) is 0 Å². The van der Waals surface area contributed by atoms with E-state index in [4.69, 9.17) is 17.0 Å². The first kappa shape index (κ1) is 16.2. The van der Waals surface area contributed by atoms with Gasteiger partial charge < -0.3 is 0 Å². The fourth-order valence-electron chi connectivity index (χ4n) is 3.24. The molecule has 24 heavy (non-hydrogen) atoms. The molecule has 0 aliphatic rings. The van der Waals surface area contributed by atoms with E-state index in [9.17, 15) is 0 Å². The topological polar surface area (TPSA) is 0 Å². The van der Waals surface area contributed by atoms with Crippen molar-refractivity contribution in [2.75, 3.05) is 0 Å². The third-order valence-corrected chi connectivity index (χ3v) is 8.80. The van der Waals surface area contributed by atoms with Crippen LogP contribution in [0.5, 0.6) is 0 Å². The van der Waals surface area contributed by atoms with Crippen LogP contribution in [-0.2, 0) is 18.9 Å². The Balaban J connectivity index is 2.07. The van der Waals surface area contributed by atoms with Crippen LogP contribution in [0.2, 0.25) is 0 Å². The minimum absolute atomic E-state index is 1.15. The van der Waals surface area contributed by atoms with E-state index in [0.29, 0.717) is 0 Å². The molecule has 0 saturated carbocycles. The van der Waals surface area contributed by atoms with E-state index < -0.39 is 18.9 Å². The van der Waals surface area contributed by atoms with Gasteiger partial charge in [0.15, 0.2) is 0 Å². The molecule has 0 aromatic heterocycles. The Morgan fingerprint density at radius 3 is 1.42 bits per heavy atom. The standard InChI is InChI=1S/C21H14.2ClH.Zr/c1-3-13-20-16(7-1)9-5-11-18(20)15-19-12-6-10-17-8-2-4-14-21(17)19;;;/h1-14H;2*1H;/q;;;+2/p-2. The summed E-state index contributed by atoms with van der Waals surface area (Å²) in [5.74, 6) is 0. The van der Waals surface area contributed by atoms with Crippen molar-refractivity contribution in [3.05, 3.63) is 96.1 Å². The van der Waals surface area contributed by atoms with Crippen LogP contribution >= 0.6 is 17.0 Å². The van der Waals surface area contributed by atoms with Crippen LogP contribution in [0.1, 0.15) is 11.1 Å². The molecule has 4 rings (SSSR count). The number of hydrogen-bond donors (Lipinski definition) is 0. The number of fused-ring (bicyclic) bond motifs is 2. The molecule has 0 spiro atoms. The maximum absolute atomic E-state index is 6.64. The SMILES string of the molecule is [Cl][Zr]([Cl])=[C](c1cccc2ccccc12)c1cccc2ccccc12. The summed E-state index contributed by atoms with van der Waals surface area (Å²) >= 11 is -2.71. The van der Waals surface area contributed by atoms with Crippen molar-refractivity contribution in [1.29, 1.82) is 0 Å². The molecule has 0 amide bonds. The van der Waals surface area contributed by atoms with Crippen LogP contribution in [-0.4, -0.2) is 3.21 Å². The third kappa shape index (κ3) is 2.90. The summed E-state index contributed by atoms with van der Waals surface area (Å²) < 4.78 is 1.15. The third-order valence-electron chi connectivity index (χ3n) is 4.31. The van der Waals surface area contributed by atoms with Crippen LogP contribution in [0.25, 0.3) is 21.5 Å². The molecule has 0 aliphatic carbocycles. The monoisotopic (exact) mass is 426 g/mol. The molecule has 4 aromatic carbocycles. The van der Waals surface area contributed by atoms with Gasteiger partial charge in [-0.15, -0.1) is 0 Å². The van der Waals surface area contributed by atoms with Gasteiger partial charge in [-0.2, -0.15) is 0 Å².